The van der Waals surface area contributed by atoms with E-state index in [0.717, 1.165) is 19.5 Å². The van der Waals surface area contributed by atoms with E-state index in [9.17, 15) is 4.79 Å². The summed E-state index contributed by atoms with van der Waals surface area (Å²) >= 11 is 0. The Kier molecular flexibility index (Phi) is 5.09. The summed E-state index contributed by atoms with van der Waals surface area (Å²) in [6.45, 7) is 6.61. The van der Waals surface area contributed by atoms with Gasteiger partial charge in [0.05, 0.1) is 6.54 Å². The first-order valence-corrected chi connectivity index (χ1v) is 6.14. The first-order chi connectivity index (χ1) is 7.16. The maximum atomic E-state index is 11.4. The van der Waals surface area contributed by atoms with Crippen LogP contribution in [0, 0.1) is 5.41 Å². The molecule has 0 bridgehead atoms. The number of carbonyl (C=O) groups is 1. The van der Waals surface area contributed by atoms with Crippen molar-refractivity contribution in [1.82, 2.24) is 10.6 Å². The van der Waals surface area contributed by atoms with E-state index in [-0.39, 0.29) is 5.91 Å². The van der Waals surface area contributed by atoms with Crippen LogP contribution in [0.4, 0.5) is 0 Å². The summed E-state index contributed by atoms with van der Waals surface area (Å²) in [4.78, 5) is 11.4. The molecule has 0 aromatic carbocycles. The summed E-state index contributed by atoms with van der Waals surface area (Å²) in [6.07, 6.45) is 6.23. The van der Waals surface area contributed by atoms with E-state index in [0.29, 0.717) is 12.0 Å². The van der Waals surface area contributed by atoms with Crippen LogP contribution in [-0.2, 0) is 4.79 Å². The number of carbonyl (C=O) groups excluding carboxylic acids is 1. The van der Waals surface area contributed by atoms with Crippen LogP contribution in [0.5, 0.6) is 0 Å². The second-order valence-corrected chi connectivity index (χ2v) is 4.97. The average Bonchev–Trinajstić information content (AvgIpc) is 2.64. The molecule has 0 atom stereocenters. The van der Waals surface area contributed by atoms with Gasteiger partial charge in [0.15, 0.2) is 0 Å². The van der Waals surface area contributed by atoms with E-state index in [2.05, 4.69) is 24.5 Å². The molecule has 0 aromatic rings. The van der Waals surface area contributed by atoms with Gasteiger partial charge in [0.2, 0.25) is 5.91 Å². The topological polar surface area (TPSA) is 41.1 Å². The lowest BCUT2D eigenvalue weighted by Gasteiger charge is -2.23. The minimum absolute atomic E-state index is 0.136. The van der Waals surface area contributed by atoms with Crippen LogP contribution in [-0.4, -0.2) is 25.5 Å². The Hall–Kier alpha value is -0.570. The summed E-state index contributed by atoms with van der Waals surface area (Å²) in [5, 5.41) is 6.13. The van der Waals surface area contributed by atoms with Crippen LogP contribution in [0.15, 0.2) is 0 Å². The van der Waals surface area contributed by atoms with Crippen molar-refractivity contribution >= 4 is 5.91 Å². The van der Waals surface area contributed by atoms with Gasteiger partial charge in [-0.25, -0.2) is 0 Å². The van der Waals surface area contributed by atoms with Gasteiger partial charge < -0.3 is 10.6 Å². The van der Waals surface area contributed by atoms with E-state index >= 15 is 0 Å². The number of amides is 1. The van der Waals surface area contributed by atoms with Gasteiger partial charge in [0.1, 0.15) is 0 Å². The number of rotatable bonds is 6. The molecule has 0 spiro atoms. The first-order valence-electron chi connectivity index (χ1n) is 6.14. The van der Waals surface area contributed by atoms with E-state index in [4.69, 9.17) is 0 Å². The Bertz CT molecular complexity index is 198. The van der Waals surface area contributed by atoms with Gasteiger partial charge >= 0.3 is 0 Å². The van der Waals surface area contributed by atoms with Crippen molar-refractivity contribution in [1.29, 1.82) is 0 Å². The normalized spacial score (nSPS) is 19.1. The first kappa shape index (κ1) is 12.5. The summed E-state index contributed by atoms with van der Waals surface area (Å²) in [5.74, 6) is 0.136. The molecular formula is C12H24N2O. The zero-order chi connectivity index (χ0) is 11.1. The molecule has 0 heterocycles. The highest BCUT2D eigenvalue weighted by molar-refractivity contribution is 5.78. The molecule has 1 saturated carbocycles. The number of nitrogens with one attached hydrogen (secondary N) is 2. The maximum Gasteiger partial charge on any atom is 0.233 e. The zero-order valence-electron chi connectivity index (χ0n) is 10.1. The zero-order valence-corrected chi connectivity index (χ0v) is 10.1. The quantitative estimate of drug-likeness (QED) is 0.658. The summed E-state index contributed by atoms with van der Waals surface area (Å²) < 4.78 is 0. The smallest absolute Gasteiger partial charge is 0.233 e. The highest BCUT2D eigenvalue weighted by Crippen LogP contribution is 2.36. The van der Waals surface area contributed by atoms with Crippen molar-refractivity contribution < 1.29 is 4.79 Å². The summed E-state index contributed by atoms with van der Waals surface area (Å²) in [7, 11) is 0. The number of hydrogen-bond donors (Lipinski definition) is 2. The molecule has 0 aliphatic heterocycles. The molecule has 3 nitrogen and oxygen atoms in total. The third-order valence-electron chi connectivity index (χ3n) is 3.24. The van der Waals surface area contributed by atoms with Gasteiger partial charge in [0, 0.05) is 6.54 Å². The van der Waals surface area contributed by atoms with Crippen molar-refractivity contribution in [3.8, 4) is 0 Å². The molecule has 1 aliphatic rings. The minimum Gasteiger partial charge on any atom is -0.354 e. The molecule has 0 saturated heterocycles. The van der Waals surface area contributed by atoms with Crippen LogP contribution < -0.4 is 10.6 Å². The molecule has 1 amide bonds. The van der Waals surface area contributed by atoms with Crippen molar-refractivity contribution in [3.63, 3.8) is 0 Å². The molecule has 88 valence electrons. The van der Waals surface area contributed by atoms with Crippen LogP contribution >= 0.6 is 0 Å². The SMILES string of the molecule is CCCNCC(=O)NCC1(C)CCCC1. The fourth-order valence-corrected chi connectivity index (χ4v) is 2.16. The monoisotopic (exact) mass is 212 g/mol. The van der Waals surface area contributed by atoms with Crippen molar-refractivity contribution in [2.24, 2.45) is 5.41 Å². The van der Waals surface area contributed by atoms with Gasteiger partial charge in [-0.15, -0.1) is 0 Å². The Morgan fingerprint density at radius 3 is 2.60 bits per heavy atom. The van der Waals surface area contributed by atoms with Crippen LogP contribution in [0.25, 0.3) is 0 Å². The van der Waals surface area contributed by atoms with Gasteiger partial charge in [-0.05, 0) is 31.2 Å². The molecule has 3 heteroatoms. The largest absolute Gasteiger partial charge is 0.354 e. The molecule has 1 aliphatic carbocycles. The highest BCUT2D eigenvalue weighted by Gasteiger charge is 2.28. The number of hydrogen-bond acceptors (Lipinski definition) is 2. The van der Waals surface area contributed by atoms with Crippen LogP contribution in [0.1, 0.15) is 46.0 Å². The minimum atomic E-state index is 0.136. The van der Waals surface area contributed by atoms with E-state index in [1.807, 2.05) is 0 Å². The highest BCUT2D eigenvalue weighted by atomic mass is 16.1. The molecule has 2 N–H and O–H groups in total. The van der Waals surface area contributed by atoms with E-state index < -0.39 is 0 Å². The van der Waals surface area contributed by atoms with Gasteiger partial charge in [-0.2, -0.15) is 0 Å². The predicted octanol–water partition coefficient (Wildman–Crippen LogP) is 1.68. The van der Waals surface area contributed by atoms with Crippen molar-refractivity contribution in [2.75, 3.05) is 19.6 Å². The third-order valence-corrected chi connectivity index (χ3v) is 3.24. The van der Waals surface area contributed by atoms with Crippen molar-refractivity contribution in [2.45, 2.75) is 46.0 Å². The second kappa shape index (κ2) is 6.11. The fourth-order valence-electron chi connectivity index (χ4n) is 2.16. The third kappa shape index (κ3) is 4.65. The maximum absolute atomic E-state index is 11.4. The van der Waals surface area contributed by atoms with E-state index in [1.54, 1.807) is 0 Å². The van der Waals surface area contributed by atoms with Gasteiger partial charge in [-0.3, -0.25) is 4.79 Å². The van der Waals surface area contributed by atoms with Gasteiger partial charge in [0.25, 0.3) is 0 Å². The molecule has 1 rings (SSSR count). The standard InChI is InChI=1S/C12H24N2O/c1-3-8-13-9-11(15)14-10-12(2)6-4-5-7-12/h13H,3-10H2,1-2H3,(H,14,15). The summed E-state index contributed by atoms with van der Waals surface area (Å²) in [6, 6.07) is 0. The predicted molar refractivity (Wildman–Crippen MR) is 62.7 cm³/mol. The molecular weight excluding hydrogens is 188 g/mol. The molecule has 15 heavy (non-hydrogen) atoms. The second-order valence-electron chi connectivity index (χ2n) is 4.97. The molecule has 0 unspecified atom stereocenters. The molecule has 0 radical (unpaired) electrons. The van der Waals surface area contributed by atoms with Crippen LogP contribution in [0.3, 0.4) is 0 Å². The van der Waals surface area contributed by atoms with E-state index in [1.165, 1.54) is 25.7 Å². The Morgan fingerprint density at radius 1 is 1.33 bits per heavy atom. The fraction of sp³-hybridized carbons (Fsp3) is 0.917. The molecule has 1 fully saturated rings. The Balaban J connectivity index is 2.10. The summed E-state index contributed by atoms with van der Waals surface area (Å²) in [5.41, 5.74) is 0.362. The van der Waals surface area contributed by atoms with Gasteiger partial charge in [-0.1, -0.05) is 26.7 Å². The lowest BCUT2D eigenvalue weighted by atomic mass is 9.89. The van der Waals surface area contributed by atoms with Crippen LogP contribution in [0.2, 0.25) is 0 Å². The average molecular weight is 212 g/mol. The Labute approximate surface area is 93.0 Å². The lowest BCUT2D eigenvalue weighted by molar-refractivity contribution is -0.120. The Morgan fingerprint density at radius 2 is 2.00 bits per heavy atom. The van der Waals surface area contributed by atoms with Crippen molar-refractivity contribution in [3.05, 3.63) is 0 Å². The molecule has 0 aromatic heterocycles. The lowest BCUT2D eigenvalue weighted by Crippen LogP contribution is -2.39.